The molecule has 4 aromatic rings. The van der Waals surface area contributed by atoms with E-state index in [9.17, 15) is 4.39 Å². The van der Waals surface area contributed by atoms with Crippen molar-refractivity contribution in [1.82, 2.24) is 14.1 Å². The van der Waals surface area contributed by atoms with Crippen LogP contribution in [-0.2, 0) is 11.8 Å². The highest BCUT2D eigenvalue weighted by atomic mass is 32.1. The summed E-state index contributed by atoms with van der Waals surface area (Å²) in [5.74, 6) is -0.242. The number of hydrogen-bond donors (Lipinski definition) is 1. The van der Waals surface area contributed by atoms with E-state index in [0.29, 0.717) is 0 Å². The first-order chi connectivity index (χ1) is 14.5. The molecule has 1 aliphatic rings. The van der Waals surface area contributed by atoms with E-state index in [1.807, 2.05) is 10.9 Å². The molecular formula is C25H24FN3S. The first kappa shape index (κ1) is 19.3. The summed E-state index contributed by atoms with van der Waals surface area (Å²) in [6.07, 6.45) is 3.97. The van der Waals surface area contributed by atoms with Gasteiger partial charge in [0.2, 0.25) is 0 Å². The summed E-state index contributed by atoms with van der Waals surface area (Å²) in [6.45, 7) is 4.08. The summed E-state index contributed by atoms with van der Waals surface area (Å²) >= 11 is 4.68. The van der Waals surface area contributed by atoms with Crippen molar-refractivity contribution in [3.8, 4) is 5.69 Å². The van der Waals surface area contributed by atoms with Gasteiger partial charge in [-0.25, -0.2) is 9.07 Å². The molecule has 3 nitrogen and oxygen atoms in total. The SMILES string of the molecule is Cc1cc2c(cnn2-c2ccc(F)cc2)cc1C1(Cc2ccccc2)CCN(S)C1. The summed E-state index contributed by atoms with van der Waals surface area (Å²) < 4.78 is 17.4. The molecule has 0 bridgehead atoms. The molecule has 5 heteroatoms. The fourth-order valence-corrected chi connectivity index (χ4v) is 5.21. The van der Waals surface area contributed by atoms with Gasteiger partial charge in [0.05, 0.1) is 17.4 Å². The maximum Gasteiger partial charge on any atom is 0.123 e. The summed E-state index contributed by atoms with van der Waals surface area (Å²) in [4.78, 5) is 0. The van der Waals surface area contributed by atoms with E-state index in [4.69, 9.17) is 0 Å². The predicted molar refractivity (Wildman–Crippen MR) is 123 cm³/mol. The topological polar surface area (TPSA) is 21.1 Å². The lowest BCUT2D eigenvalue weighted by molar-refractivity contribution is 0.439. The minimum absolute atomic E-state index is 0.0271. The van der Waals surface area contributed by atoms with Crippen molar-refractivity contribution in [2.75, 3.05) is 13.1 Å². The predicted octanol–water partition coefficient (Wildman–Crippen LogP) is 5.50. The van der Waals surface area contributed by atoms with Crippen LogP contribution in [0.25, 0.3) is 16.6 Å². The number of benzene rings is 3. The van der Waals surface area contributed by atoms with Crippen molar-refractivity contribution in [3.63, 3.8) is 0 Å². The van der Waals surface area contributed by atoms with Gasteiger partial charge >= 0.3 is 0 Å². The van der Waals surface area contributed by atoms with Crippen molar-refractivity contribution in [3.05, 3.63) is 95.4 Å². The van der Waals surface area contributed by atoms with E-state index in [-0.39, 0.29) is 11.2 Å². The lowest BCUT2D eigenvalue weighted by Crippen LogP contribution is -2.32. The first-order valence-electron chi connectivity index (χ1n) is 10.3. The van der Waals surface area contributed by atoms with Gasteiger partial charge in [-0.3, -0.25) is 4.31 Å². The largest absolute Gasteiger partial charge is 0.252 e. The Labute approximate surface area is 181 Å². The van der Waals surface area contributed by atoms with Gasteiger partial charge in [-0.2, -0.15) is 5.10 Å². The van der Waals surface area contributed by atoms with Gasteiger partial charge in [-0.15, -0.1) is 0 Å². The second-order valence-corrected chi connectivity index (χ2v) is 8.91. The zero-order valence-electron chi connectivity index (χ0n) is 16.9. The van der Waals surface area contributed by atoms with E-state index in [0.717, 1.165) is 42.5 Å². The minimum atomic E-state index is -0.242. The Morgan fingerprint density at radius 3 is 2.53 bits per heavy atom. The molecule has 2 heterocycles. The van der Waals surface area contributed by atoms with Crippen LogP contribution in [0.2, 0.25) is 0 Å². The molecule has 0 N–H and O–H groups in total. The fraction of sp³-hybridized carbons (Fsp3) is 0.240. The van der Waals surface area contributed by atoms with Crippen LogP contribution in [0.15, 0.2) is 72.9 Å². The minimum Gasteiger partial charge on any atom is -0.252 e. The Kier molecular flexibility index (Phi) is 4.88. The van der Waals surface area contributed by atoms with Gasteiger partial charge < -0.3 is 0 Å². The van der Waals surface area contributed by atoms with Crippen molar-refractivity contribution < 1.29 is 4.39 Å². The molecule has 0 saturated carbocycles. The van der Waals surface area contributed by atoms with E-state index in [1.165, 1.54) is 28.8 Å². The molecule has 5 rings (SSSR count). The number of nitrogens with zero attached hydrogens (tertiary/aromatic N) is 3. The third-order valence-electron chi connectivity index (χ3n) is 6.28. The summed E-state index contributed by atoms with van der Waals surface area (Å²) in [7, 11) is 0. The van der Waals surface area contributed by atoms with Crippen molar-refractivity contribution in [2.24, 2.45) is 0 Å². The third kappa shape index (κ3) is 3.42. The zero-order chi connectivity index (χ0) is 20.7. The highest BCUT2D eigenvalue weighted by molar-refractivity contribution is 7.77. The van der Waals surface area contributed by atoms with E-state index in [1.54, 1.807) is 12.1 Å². The summed E-state index contributed by atoms with van der Waals surface area (Å²) in [5, 5.41) is 5.70. The summed E-state index contributed by atoms with van der Waals surface area (Å²) in [6, 6.07) is 21.7. The van der Waals surface area contributed by atoms with Gasteiger partial charge in [0.25, 0.3) is 0 Å². The fourth-order valence-electron chi connectivity index (χ4n) is 4.83. The zero-order valence-corrected chi connectivity index (χ0v) is 17.8. The maximum absolute atomic E-state index is 13.3. The average molecular weight is 418 g/mol. The van der Waals surface area contributed by atoms with Crippen LogP contribution in [0, 0.1) is 12.7 Å². The Bertz CT molecular complexity index is 1190. The van der Waals surface area contributed by atoms with Gasteiger partial charge in [-0.05, 0) is 72.9 Å². The normalized spacial score (nSPS) is 19.6. The van der Waals surface area contributed by atoms with Crippen LogP contribution in [0.1, 0.15) is 23.1 Å². The number of aromatic nitrogens is 2. The van der Waals surface area contributed by atoms with Gasteiger partial charge in [0.15, 0.2) is 0 Å². The first-order valence-corrected chi connectivity index (χ1v) is 10.7. The molecule has 1 fully saturated rings. The van der Waals surface area contributed by atoms with Crippen LogP contribution in [-0.4, -0.2) is 27.2 Å². The van der Waals surface area contributed by atoms with Crippen LogP contribution < -0.4 is 0 Å². The van der Waals surface area contributed by atoms with Crippen LogP contribution in [0.5, 0.6) is 0 Å². The Hall–Kier alpha value is -2.63. The van der Waals surface area contributed by atoms with Crippen molar-refractivity contribution >= 4 is 23.7 Å². The number of thiol groups is 1. The molecule has 1 unspecified atom stereocenters. The number of hydrogen-bond acceptors (Lipinski definition) is 3. The van der Waals surface area contributed by atoms with E-state index < -0.39 is 0 Å². The van der Waals surface area contributed by atoms with E-state index >= 15 is 0 Å². The van der Waals surface area contributed by atoms with Gasteiger partial charge in [-0.1, -0.05) is 43.1 Å². The second-order valence-electron chi connectivity index (χ2n) is 8.34. The number of aryl methyl sites for hydroxylation is 1. The quantitative estimate of drug-likeness (QED) is 0.443. The van der Waals surface area contributed by atoms with Gasteiger partial charge in [0, 0.05) is 23.9 Å². The second kappa shape index (κ2) is 7.56. The van der Waals surface area contributed by atoms with Crippen molar-refractivity contribution in [1.29, 1.82) is 0 Å². The Morgan fingerprint density at radius 1 is 1.07 bits per heavy atom. The number of halogens is 1. The maximum atomic E-state index is 13.3. The van der Waals surface area contributed by atoms with Crippen LogP contribution in [0.3, 0.4) is 0 Å². The molecule has 0 amide bonds. The molecular weight excluding hydrogens is 393 g/mol. The molecule has 0 radical (unpaired) electrons. The molecule has 1 aromatic heterocycles. The number of rotatable bonds is 4. The third-order valence-corrected chi connectivity index (χ3v) is 6.62. The monoisotopic (exact) mass is 417 g/mol. The van der Waals surface area contributed by atoms with Crippen LogP contribution >= 0.6 is 12.8 Å². The highest BCUT2D eigenvalue weighted by Crippen LogP contribution is 2.41. The van der Waals surface area contributed by atoms with Crippen molar-refractivity contribution in [2.45, 2.75) is 25.2 Å². The molecule has 0 aliphatic carbocycles. The van der Waals surface area contributed by atoms with Crippen LogP contribution in [0.4, 0.5) is 4.39 Å². The van der Waals surface area contributed by atoms with Gasteiger partial charge in [0.1, 0.15) is 5.82 Å². The average Bonchev–Trinajstić information content (AvgIpc) is 3.32. The molecule has 30 heavy (non-hydrogen) atoms. The standard InChI is InChI=1S/C25H24FN3S/c1-18-13-24-20(16-27-29(24)22-9-7-21(26)8-10-22)14-23(18)25(11-12-28(30)17-25)15-19-5-3-2-4-6-19/h2-10,13-14,16,30H,11-12,15,17H2,1H3. The smallest absolute Gasteiger partial charge is 0.123 e. The van der Waals surface area contributed by atoms with E-state index in [2.05, 4.69) is 71.6 Å². The molecule has 1 aliphatic heterocycles. The Balaban J connectivity index is 1.60. The lowest BCUT2D eigenvalue weighted by atomic mass is 9.73. The molecule has 0 spiro atoms. The molecule has 1 saturated heterocycles. The molecule has 152 valence electrons. The summed E-state index contributed by atoms with van der Waals surface area (Å²) in [5.41, 5.74) is 5.90. The lowest BCUT2D eigenvalue weighted by Gasteiger charge is -2.31. The highest BCUT2D eigenvalue weighted by Gasteiger charge is 2.40. The number of fused-ring (bicyclic) bond motifs is 1. The molecule has 3 aromatic carbocycles. The Morgan fingerprint density at radius 2 is 1.83 bits per heavy atom. The molecule has 1 atom stereocenters.